The molecule has 0 aromatic heterocycles. The van der Waals surface area contributed by atoms with Gasteiger partial charge in [-0.2, -0.15) is 0 Å². The van der Waals surface area contributed by atoms with Crippen molar-refractivity contribution in [2.75, 3.05) is 18.4 Å². The Kier molecular flexibility index (Phi) is 6.48. The standard InChI is InChI=1S/C18H27N3O5S/c1-18(2,3)26-17(23)21-10-8-13(9-11-21)12-16(22)20-14-4-6-15(7-5-14)27(19,24)25/h4-7,13H,8-12H2,1-3H3,(H,20,22)(H2,19,24,25). The summed E-state index contributed by atoms with van der Waals surface area (Å²) in [5.41, 5.74) is -0.00865. The van der Waals surface area contributed by atoms with E-state index in [9.17, 15) is 18.0 Å². The minimum absolute atomic E-state index is 0.00462. The molecule has 0 spiro atoms. The Hall–Kier alpha value is -2.13. The van der Waals surface area contributed by atoms with Crippen LogP contribution in [0.15, 0.2) is 29.2 Å². The van der Waals surface area contributed by atoms with Gasteiger partial charge in [0.2, 0.25) is 15.9 Å². The first-order chi connectivity index (χ1) is 12.4. The molecular formula is C18H27N3O5S. The number of likely N-dealkylation sites (tertiary alicyclic amines) is 1. The van der Waals surface area contributed by atoms with Crippen LogP contribution >= 0.6 is 0 Å². The Balaban J connectivity index is 1.80. The fourth-order valence-corrected chi connectivity index (χ4v) is 3.36. The zero-order chi connectivity index (χ0) is 20.2. The van der Waals surface area contributed by atoms with Crippen molar-refractivity contribution in [3.05, 3.63) is 24.3 Å². The summed E-state index contributed by atoms with van der Waals surface area (Å²) in [4.78, 5) is 25.9. The molecule has 27 heavy (non-hydrogen) atoms. The molecule has 0 bridgehead atoms. The van der Waals surface area contributed by atoms with E-state index in [0.29, 0.717) is 25.2 Å². The average molecular weight is 397 g/mol. The van der Waals surface area contributed by atoms with E-state index in [1.165, 1.54) is 24.3 Å². The number of nitrogens with zero attached hydrogens (tertiary/aromatic N) is 1. The number of carbonyl (C=O) groups excluding carboxylic acids is 2. The Morgan fingerprint density at radius 1 is 1.19 bits per heavy atom. The molecule has 8 nitrogen and oxygen atoms in total. The zero-order valence-corrected chi connectivity index (χ0v) is 16.7. The van der Waals surface area contributed by atoms with Crippen LogP contribution in [0, 0.1) is 5.92 Å². The maximum atomic E-state index is 12.2. The van der Waals surface area contributed by atoms with Gasteiger partial charge >= 0.3 is 6.09 Å². The third-order valence-electron chi connectivity index (χ3n) is 4.21. The van der Waals surface area contributed by atoms with Gasteiger partial charge in [0, 0.05) is 25.2 Å². The van der Waals surface area contributed by atoms with Gasteiger partial charge in [0.1, 0.15) is 5.60 Å². The third kappa shape index (κ3) is 6.84. The van der Waals surface area contributed by atoms with Gasteiger partial charge in [-0.05, 0) is 63.8 Å². The average Bonchev–Trinajstić information content (AvgIpc) is 2.53. The predicted molar refractivity (Wildman–Crippen MR) is 102 cm³/mol. The number of rotatable bonds is 4. The van der Waals surface area contributed by atoms with E-state index in [2.05, 4.69) is 5.32 Å². The van der Waals surface area contributed by atoms with E-state index in [0.717, 1.165) is 12.8 Å². The summed E-state index contributed by atoms with van der Waals surface area (Å²) in [5.74, 6) is 0.0430. The third-order valence-corrected chi connectivity index (χ3v) is 5.14. The number of primary sulfonamides is 1. The Morgan fingerprint density at radius 2 is 1.74 bits per heavy atom. The first-order valence-corrected chi connectivity index (χ1v) is 10.4. The number of nitrogens with two attached hydrogens (primary N) is 1. The molecule has 0 atom stereocenters. The van der Waals surface area contributed by atoms with Crippen LogP contribution in [0.5, 0.6) is 0 Å². The highest BCUT2D eigenvalue weighted by Gasteiger charge is 2.27. The van der Waals surface area contributed by atoms with Crippen LogP contribution < -0.4 is 10.5 Å². The maximum Gasteiger partial charge on any atom is 0.410 e. The molecule has 1 aromatic rings. The van der Waals surface area contributed by atoms with E-state index in [1.807, 2.05) is 20.8 Å². The van der Waals surface area contributed by atoms with Crippen LogP contribution in [0.1, 0.15) is 40.0 Å². The number of hydrogen-bond donors (Lipinski definition) is 2. The van der Waals surface area contributed by atoms with Crippen molar-refractivity contribution in [1.29, 1.82) is 0 Å². The quantitative estimate of drug-likeness (QED) is 0.808. The van der Waals surface area contributed by atoms with Gasteiger partial charge in [-0.1, -0.05) is 0 Å². The number of piperidine rings is 1. The molecule has 3 N–H and O–H groups in total. The fourth-order valence-electron chi connectivity index (χ4n) is 2.85. The van der Waals surface area contributed by atoms with E-state index in [-0.39, 0.29) is 22.8 Å². The van der Waals surface area contributed by atoms with E-state index >= 15 is 0 Å². The highest BCUT2D eigenvalue weighted by molar-refractivity contribution is 7.89. The Labute approximate surface area is 160 Å². The van der Waals surface area contributed by atoms with E-state index in [4.69, 9.17) is 9.88 Å². The maximum absolute atomic E-state index is 12.2. The number of amides is 2. The normalized spacial score (nSPS) is 16.1. The van der Waals surface area contributed by atoms with Crippen molar-refractivity contribution < 1.29 is 22.7 Å². The summed E-state index contributed by atoms with van der Waals surface area (Å²) in [6, 6.07) is 5.71. The molecule has 2 rings (SSSR count). The molecule has 1 saturated heterocycles. The molecule has 2 amide bonds. The lowest BCUT2D eigenvalue weighted by Gasteiger charge is -2.33. The molecule has 0 aliphatic carbocycles. The topological polar surface area (TPSA) is 119 Å². The second kappa shape index (κ2) is 8.26. The zero-order valence-electron chi connectivity index (χ0n) is 15.9. The highest BCUT2D eigenvalue weighted by atomic mass is 32.2. The Morgan fingerprint density at radius 3 is 2.22 bits per heavy atom. The minimum Gasteiger partial charge on any atom is -0.444 e. The van der Waals surface area contributed by atoms with Crippen LogP contribution in [-0.4, -0.2) is 44.0 Å². The SMILES string of the molecule is CC(C)(C)OC(=O)N1CCC(CC(=O)Nc2ccc(S(N)(=O)=O)cc2)CC1. The molecule has 1 aliphatic heterocycles. The molecule has 1 aliphatic rings. The van der Waals surface area contributed by atoms with Gasteiger partial charge in [0.15, 0.2) is 0 Å². The van der Waals surface area contributed by atoms with Gasteiger partial charge in [-0.3, -0.25) is 4.79 Å². The molecule has 9 heteroatoms. The summed E-state index contributed by atoms with van der Waals surface area (Å²) in [5, 5.41) is 7.80. The number of nitrogens with one attached hydrogen (secondary N) is 1. The van der Waals surface area contributed by atoms with Crippen molar-refractivity contribution >= 4 is 27.7 Å². The number of anilines is 1. The number of ether oxygens (including phenoxy) is 1. The van der Waals surface area contributed by atoms with Gasteiger partial charge in [0.25, 0.3) is 0 Å². The molecule has 1 aromatic carbocycles. The number of hydrogen-bond acceptors (Lipinski definition) is 5. The van der Waals surface area contributed by atoms with Crippen LogP contribution in [0.3, 0.4) is 0 Å². The molecule has 1 fully saturated rings. The van der Waals surface area contributed by atoms with E-state index < -0.39 is 15.6 Å². The van der Waals surface area contributed by atoms with Gasteiger partial charge < -0.3 is 15.0 Å². The van der Waals surface area contributed by atoms with Crippen molar-refractivity contribution in [2.24, 2.45) is 11.1 Å². The van der Waals surface area contributed by atoms with Crippen molar-refractivity contribution in [3.63, 3.8) is 0 Å². The molecular weight excluding hydrogens is 370 g/mol. The van der Waals surface area contributed by atoms with Gasteiger partial charge in [0.05, 0.1) is 4.90 Å². The van der Waals surface area contributed by atoms with Crippen LogP contribution in [-0.2, 0) is 19.6 Å². The minimum atomic E-state index is -3.75. The summed E-state index contributed by atoms with van der Waals surface area (Å²) >= 11 is 0. The molecule has 0 saturated carbocycles. The van der Waals surface area contributed by atoms with Gasteiger partial charge in [-0.25, -0.2) is 18.4 Å². The van der Waals surface area contributed by atoms with Crippen LogP contribution in [0.4, 0.5) is 10.5 Å². The molecule has 150 valence electrons. The van der Waals surface area contributed by atoms with Crippen LogP contribution in [0.2, 0.25) is 0 Å². The van der Waals surface area contributed by atoms with E-state index in [1.54, 1.807) is 4.90 Å². The summed E-state index contributed by atoms with van der Waals surface area (Å²) in [7, 11) is -3.75. The summed E-state index contributed by atoms with van der Waals surface area (Å²) in [6.45, 7) is 6.62. The largest absolute Gasteiger partial charge is 0.444 e. The predicted octanol–water partition coefficient (Wildman–Crippen LogP) is 2.31. The van der Waals surface area contributed by atoms with Crippen molar-refractivity contribution in [3.8, 4) is 0 Å². The first kappa shape index (κ1) is 21.2. The van der Waals surface area contributed by atoms with Crippen molar-refractivity contribution in [2.45, 2.75) is 50.5 Å². The Bertz CT molecular complexity index is 776. The molecule has 0 radical (unpaired) electrons. The number of sulfonamides is 1. The van der Waals surface area contributed by atoms with Crippen molar-refractivity contribution in [1.82, 2.24) is 4.90 Å². The van der Waals surface area contributed by atoms with Crippen LogP contribution in [0.25, 0.3) is 0 Å². The molecule has 0 unspecified atom stereocenters. The number of benzene rings is 1. The lowest BCUT2D eigenvalue weighted by atomic mass is 9.93. The highest BCUT2D eigenvalue weighted by Crippen LogP contribution is 2.23. The molecule has 1 heterocycles. The smallest absolute Gasteiger partial charge is 0.410 e. The second-order valence-corrected chi connectivity index (χ2v) is 9.29. The second-order valence-electron chi connectivity index (χ2n) is 7.73. The lowest BCUT2D eigenvalue weighted by molar-refractivity contribution is -0.117. The first-order valence-electron chi connectivity index (χ1n) is 8.85. The number of carbonyl (C=O) groups is 2. The van der Waals surface area contributed by atoms with Gasteiger partial charge in [-0.15, -0.1) is 0 Å². The summed E-state index contributed by atoms with van der Waals surface area (Å²) < 4.78 is 27.8. The fraction of sp³-hybridized carbons (Fsp3) is 0.556. The monoisotopic (exact) mass is 397 g/mol. The summed E-state index contributed by atoms with van der Waals surface area (Å²) in [6.07, 6.45) is 1.49. The lowest BCUT2D eigenvalue weighted by Crippen LogP contribution is -2.42.